The Labute approximate surface area is 156 Å². The average Bonchev–Trinajstić information content (AvgIpc) is 3.09. The maximum Gasteiger partial charge on any atom is 0.234 e. The van der Waals surface area contributed by atoms with Crippen LogP contribution in [0.2, 0.25) is 5.02 Å². The number of thioether (sulfide) groups is 1. The summed E-state index contributed by atoms with van der Waals surface area (Å²) in [6.45, 7) is 0. The Balaban J connectivity index is 1.65. The molecule has 0 unspecified atom stereocenters. The molecule has 7 nitrogen and oxygen atoms in total. The Hall–Kier alpha value is -2.96. The molecule has 10 heteroatoms. The topological polar surface area (TPSA) is 96.5 Å². The number of amides is 1. The fraction of sp³-hybridized carbons (Fsp3) is 0.0625. The molecule has 26 heavy (non-hydrogen) atoms. The first kappa shape index (κ1) is 17.8. The van der Waals surface area contributed by atoms with Crippen molar-refractivity contribution in [3.8, 4) is 11.8 Å². The molecule has 3 aromatic rings. The number of nitriles is 1. The van der Waals surface area contributed by atoms with E-state index in [-0.39, 0.29) is 16.7 Å². The quantitative estimate of drug-likeness (QED) is 0.675. The number of benzene rings is 2. The van der Waals surface area contributed by atoms with Crippen molar-refractivity contribution in [1.82, 2.24) is 20.2 Å². The van der Waals surface area contributed by atoms with Crippen LogP contribution in [0.1, 0.15) is 5.56 Å². The number of rotatable bonds is 5. The number of nitrogens with one attached hydrogen (secondary N) is 1. The van der Waals surface area contributed by atoms with Gasteiger partial charge in [0.1, 0.15) is 11.9 Å². The summed E-state index contributed by atoms with van der Waals surface area (Å²) in [5, 5.41) is 23.3. The molecule has 2 aromatic carbocycles. The maximum atomic E-state index is 13.4. The second kappa shape index (κ2) is 7.95. The number of halogens is 2. The molecule has 0 aliphatic carbocycles. The fourth-order valence-corrected chi connectivity index (χ4v) is 2.96. The van der Waals surface area contributed by atoms with Gasteiger partial charge in [0.2, 0.25) is 11.1 Å². The number of aromatic nitrogens is 4. The number of carbonyl (C=O) groups excluding carboxylic acids is 1. The summed E-state index contributed by atoms with van der Waals surface area (Å²) in [4.78, 5) is 12.1. The lowest BCUT2D eigenvalue weighted by atomic mass is 10.2. The lowest BCUT2D eigenvalue weighted by molar-refractivity contribution is -0.113. The second-order valence-electron chi connectivity index (χ2n) is 5.00. The molecule has 130 valence electrons. The van der Waals surface area contributed by atoms with Crippen molar-refractivity contribution in [2.24, 2.45) is 0 Å². The third-order valence-corrected chi connectivity index (χ3v) is 4.43. The van der Waals surface area contributed by atoms with Crippen molar-refractivity contribution in [3.63, 3.8) is 0 Å². The first-order valence-electron chi connectivity index (χ1n) is 7.23. The third kappa shape index (κ3) is 4.17. The highest BCUT2D eigenvalue weighted by atomic mass is 35.5. The number of anilines is 1. The van der Waals surface area contributed by atoms with Crippen LogP contribution in [0.25, 0.3) is 5.69 Å². The van der Waals surface area contributed by atoms with Gasteiger partial charge < -0.3 is 5.32 Å². The SMILES string of the molecule is N#Cc1ccc(NC(=O)CSc2nnnn2-c2cccc(F)c2)cc1Cl. The Morgan fingerprint density at radius 2 is 2.19 bits per heavy atom. The zero-order valence-corrected chi connectivity index (χ0v) is 14.6. The molecule has 1 N–H and O–H groups in total. The number of tetrazole rings is 1. The summed E-state index contributed by atoms with van der Waals surface area (Å²) in [6, 6.07) is 12.4. The standard InChI is InChI=1S/C16H10ClFN6OS/c17-14-7-12(5-4-10(14)8-19)20-15(25)9-26-16-21-22-23-24(16)13-3-1-2-11(18)6-13/h1-7H,9H2,(H,20,25). The normalized spacial score (nSPS) is 10.3. The molecule has 0 saturated heterocycles. The van der Waals surface area contributed by atoms with Gasteiger partial charge >= 0.3 is 0 Å². The molecule has 0 fully saturated rings. The molecule has 0 atom stereocenters. The van der Waals surface area contributed by atoms with Crippen LogP contribution in [0.4, 0.5) is 10.1 Å². The number of nitrogens with zero attached hydrogens (tertiary/aromatic N) is 5. The van der Waals surface area contributed by atoms with Crippen molar-refractivity contribution >= 4 is 35.0 Å². The van der Waals surface area contributed by atoms with Crippen molar-refractivity contribution in [2.75, 3.05) is 11.1 Å². The monoisotopic (exact) mass is 388 g/mol. The van der Waals surface area contributed by atoms with Gasteiger partial charge in [-0.3, -0.25) is 4.79 Å². The highest BCUT2D eigenvalue weighted by molar-refractivity contribution is 7.99. The van der Waals surface area contributed by atoms with Gasteiger partial charge in [-0.05, 0) is 46.8 Å². The number of carbonyl (C=O) groups is 1. The zero-order valence-electron chi connectivity index (χ0n) is 13.1. The third-order valence-electron chi connectivity index (χ3n) is 3.20. The van der Waals surface area contributed by atoms with Crippen LogP contribution in [0.5, 0.6) is 0 Å². The van der Waals surface area contributed by atoms with Crippen LogP contribution >= 0.6 is 23.4 Å². The van der Waals surface area contributed by atoms with Gasteiger partial charge in [0, 0.05) is 5.69 Å². The van der Waals surface area contributed by atoms with E-state index in [2.05, 4.69) is 20.8 Å². The van der Waals surface area contributed by atoms with Crippen LogP contribution in [0, 0.1) is 17.1 Å². The van der Waals surface area contributed by atoms with E-state index in [1.165, 1.54) is 28.9 Å². The van der Waals surface area contributed by atoms with Crippen molar-refractivity contribution in [1.29, 1.82) is 5.26 Å². The van der Waals surface area contributed by atoms with Gasteiger partial charge in [-0.15, -0.1) is 5.10 Å². The van der Waals surface area contributed by atoms with Gasteiger partial charge in [0.15, 0.2) is 0 Å². The van der Waals surface area contributed by atoms with Gasteiger partial charge in [-0.25, -0.2) is 4.39 Å². The van der Waals surface area contributed by atoms with Crippen LogP contribution < -0.4 is 5.32 Å². The van der Waals surface area contributed by atoms with Gasteiger partial charge in [0.25, 0.3) is 0 Å². The van der Waals surface area contributed by atoms with Crippen LogP contribution in [-0.2, 0) is 4.79 Å². The molecule has 1 amide bonds. The predicted molar refractivity (Wildman–Crippen MR) is 94.6 cm³/mol. The Morgan fingerprint density at radius 3 is 2.92 bits per heavy atom. The van der Waals surface area contributed by atoms with E-state index >= 15 is 0 Å². The molecule has 1 aromatic heterocycles. The molecular formula is C16H10ClFN6OS. The van der Waals surface area contributed by atoms with E-state index in [1.54, 1.807) is 18.2 Å². The van der Waals surface area contributed by atoms with Gasteiger partial charge in [-0.2, -0.15) is 9.94 Å². The lowest BCUT2D eigenvalue weighted by Crippen LogP contribution is -2.14. The Morgan fingerprint density at radius 1 is 1.35 bits per heavy atom. The summed E-state index contributed by atoms with van der Waals surface area (Å²) in [7, 11) is 0. The minimum absolute atomic E-state index is 0.0350. The summed E-state index contributed by atoms with van der Waals surface area (Å²) >= 11 is 7.03. The summed E-state index contributed by atoms with van der Waals surface area (Å²) in [5.41, 5.74) is 1.26. The Bertz CT molecular complexity index is 1000. The van der Waals surface area contributed by atoms with Crippen molar-refractivity contribution in [2.45, 2.75) is 5.16 Å². The minimum Gasteiger partial charge on any atom is -0.325 e. The molecule has 0 aliphatic rings. The summed E-state index contributed by atoms with van der Waals surface area (Å²) in [5.74, 6) is -0.679. The molecular weight excluding hydrogens is 379 g/mol. The van der Waals surface area contributed by atoms with E-state index in [1.807, 2.05) is 6.07 Å². The van der Waals surface area contributed by atoms with Crippen molar-refractivity contribution in [3.05, 3.63) is 58.9 Å². The average molecular weight is 389 g/mol. The predicted octanol–water partition coefficient (Wildman–Crippen LogP) is 3.06. The highest BCUT2D eigenvalue weighted by Gasteiger charge is 2.12. The first-order valence-corrected chi connectivity index (χ1v) is 8.60. The van der Waals surface area contributed by atoms with Gasteiger partial charge in [-0.1, -0.05) is 29.4 Å². The largest absolute Gasteiger partial charge is 0.325 e. The molecule has 0 radical (unpaired) electrons. The molecule has 0 aliphatic heterocycles. The first-order chi connectivity index (χ1) is 12.6. The molecule has 1 heterocycles. The molecule has 0 bridgehead atoms. The Kier molecular flexibility index (Phi) is 5.46. The minimum atomic E-state index is -0.413. The molecule has 3 rings (SSSR count). The fourth-order valence-electron chi connectivity index (χ4n) is 2.05. The smallest absolute Gasteiger partial charge is 0.234 e. The van der Waals surface area contributed by atoms with Gasteiger partial charge in [0.05, 0.1) is 22.0 Å². The number of hydrogen-bond donors (Lipinski definition) is 1. The van der Waals surface area contributed by atoms with E-state index in [9.17, 15) is 9.18 Å². The van der Waals surface area contributed by atoms with Crippen molar-refractivity contribution < 1.29 is 9.18 Å². The van der Waals surface area contributed by atoms with Crippen LogP contribution in [0.3, 0.4) is 0 Å². The van der Waals surface area contributed by atoms with Crippen LogP contribution in [0.15, 0.2) is 47.6 Å². The second-order valence-corrected chi connectivity index (χ2v) is 6.35. The zero-order chi connectivity index (χ0) is 18.5. The molecule has 0 saturated carbocycles. The van der Waals surface area contributed by atoms with E-state index in [0.29, 0.717) is 22.1 Å². The summed E-state index contributed by atoms with van der Waals surface area (Å²) in [6.07, 6.45) is 0. The maximum absolute atomic E-state index is 13.4. The lowest BCUT2D eigenvalue weighted by Gasteiger charge is -2.06. The summed E-state index contributed by atoms with van der Waals surface area (Å²) < 4.78 is 14.7. The number of hydrogen-bond acceptors (Lipinski definition) is 6. The van der Waals surface area contributed by atoms with E-state index in [4.69, 9.17) is 16.9 Å². The highest BCUT2D eigenvalue weighted by Crippen LogP contribution is 2.22. The van der Waals surface area contributed by atoms with E-state index in [0.717, 1.165) is 11.8 Å². The molecule has 0 spiro atoms. The van der Waals surface area contributed by atoms with Crippen LogP contribution in [-0.4, -0.2) is 31.9 Å². The van der Waals surface area contributed by atoms with E-state index < -0.39 is 5.82 Å².